The summed E-state index contributed by atoms with van der Waals surface area (Å²) in [6.45, 7) is 1.66. The number of amides is 1. The minimum atomic E-state index is -0.201. The van der Waals surface area contributed by atoms with Crippen molar-refractivity contribution in [2.45, 2.75) is 30.3 Å². The number of carbonyl (C=O) groups excluding carboxylic acids is 1. The van der Waals surface area contributed by atoms with E-state index in [9.17, 15) is 4.79 Å². The van der Waals surface area contributed by atoms with Crippen molar-refractivity contribution in [2.24, 2.45) is 0 Å². The molecular weight excluding hydrogens is 316 g/mol. The molecule has 7 nitrogen and oxygen atoms in total. The standard InChI is InChI=1S/C15H18N4O3S/c1-23-15-11(3-2-6-16-15)14(20)17-9-12-18-13(19-22-12)10-4-7-21-8-5-10/h2-3,6,10H,4-5,7-9H2,1H3,(H,17,20). The molecule has 1 N–H and O–H groups in total. The van der Waals surface area contributed by atoms with Crippen LogP contribution in [0.5, 0.6) is 0 Å². The summed E-state index contributed by atoms with van der Waals surface area (Å²) in [5.74, 6) is 1.18. The van der Waals surface area contributed by atoms with Crippen LogP contribution in [0.2, 0.25) is 0 Å². The number of hydrogen-bond donors (Lipinski definition) is 1. The van der Waals surface area contributed by atoms with Gasteiger partial charge in [-0.25, -0.2) is 4.98 Å². The Morgan fingerprint density at radius 1 is 1.43 bits per heavy atom. The summed E-state index contributed by atoms with van der Waals surface area (Å²) < 4.78 is 10.5. The summed E-state index contributed by atoms with van der Waals surface area (Å²) in [6.07, 6.45) is 5.36. The molecule has 2 aromatic heterocycles. The van der Waals surface area contributed by atoms with Crippen molar-refractivity contribution in [1.29, 1.82) is 0 Å². The fourth-order valence-corrected chi connectivity index (χ4v) is 2.99. The highest BCUT2D eigenvalue weighted by Crippen LogP contribution is 2.24. The first-order chi connectivity index (χ1) is 11.3. The Hall–Kier alpha value is -1.93. The first-order valence-corrected chi connectivity index (χ1v) is 8.68. The summed E-state index contributed by atoms with van der Waals surface area (Å²) in [5.41, 5.74) is 0.546. The van der Waals surface area contributed by atoms with Crippen LogP contribution >= 0.6 is 11.8 Å². The maximum absolute atomic E-state index is 12.2. The van der Waals surface area contributed by atoms with Crippen LogP contribution in [0.15, 0.2) is 27.9 Å². The van der Waals surface area contributed by atoms with Crippen LogP contribution in [0.1, 0.15) is 40.8 Å². The Morgan fingerprint density at radius 2 is 2.26 bits per heavy atom. The number of rotatable bonds is 5. The summed E-state index contributed by atoms with van der Waals surface area (Å²) >= 11 is 1.43. The van der Waals surface area contributed by atoms with Crippen molar-refractivity contribution in [1.82, 2.24) is 20.4 Å². The van der Waals surface area contributed by atoms with E-state index in [2.05, 4.69) is 20.4 Å². The second-order valence-corrected chi connectivity index (χ2v) is 5.97. The van der Waals surface area contributed by atoms with E-state index in [-0.39, 0.29) is 18.4 Å². The van der Waals surface area contributed by atoms with Gasteiger partial charge in [-0.05, 0) is 31.2 Å². The van der Waals surface area contributed by atoms with Gasteiger partial charge in [-0.1, -0.05) is 5.16 Å². The first kappa shape index (κ1) is 15.9. The third kappa shape index (κ3) is 3.89. The average Bonchev–Trinajstić information content (AvgIpc) is 3.09. The van der Waals surface area contributed by atoms with E-state index in [1.807, 2.05) is 6.26 Å². The summed E-state index contributed by atoms with van der Waals surface area (Å²) in [6, 6.07) is 3.49. The molecule has 0 atom stereocenters. The van der Waals surface area contributed by atoms with E-state index >= 15 is 0 Å². The summed E-state index contributed by atoms with van der Waals surface area (Å²) in [7, 11) is 0. The molecule has 1 aliphatic rings. The van der Waals surface area contributed by atoms with Gasteiger partial charge in [0.25, 0.3) is 5.91 Å². The monoisotopic (exact) mass is 334 g/mol. The normalized spacial score (nSPS) is 15.5. The predicted molar refractivity (Wildman–Crippen MR) is 84.3 cm³/mol. The highest BCUT2D eigenvalue weighted by Gasteiger charge is 2.21. The van der Waals surface area contributed by atoms with Gasteiger partial charge in [-0.2, -0.15) is 4.98 Å². The molecule has 2 aromatic rings. The summed E-state index contributed by atoms with van der Waals surface area (Å²) in [5, 5.41) is 7.50. The van der Waals surface area contributed by atoms with E-state index in [1.54, 1.807) is 18.3 Å². The lowest BCUT2D eigenvalue weighted by atomic mass is 10.00. The molecule has 3 heterocycles. The number of pyridine rings is 1. The van der Waals surface area contributed by atoms with Gasteiger partial charge in [0.15, 0.2) is 5.82 Å². The lowest BCUT2D eigenvalue weighted by Crippen LogP contribution is -2.24. The van der Waals surface area contributed by atoms with Crippen molar-refractivity contribution in [3.63, 3.8) is 0 Å². The van der Waals surface area contributed by atoms with E-state index in [0.29, 0.717) is 22.3 Å². The maximum Gasteiger partial charge on any atom is 0.254 e. The van der Waals surface area contributed by atoms with Gasteiger partial charge >= 0.3 is 0 Å². The van der Waals surface area contributed by atoms with Crippen LogP contribution in [-0.2, 0) is 11.3 Å². The molecule has 1 saturated heterocycles. The van der Waals surface area contributed by atoms with Crippen LogP contribution in [0, 0.1) is 0 Å². The van der Waals surface area contributed by atoms with Crippen molar-refractivity contribution < 1.29 is 14.1 Å². The van der Waals surface area contributed by atoms with Crippen LogP contribution < -0.4 is 5.32 Å². The third-order valence-electron chi connectivity index (χ3n) is 3.68. The SMILES string of the molecule is CSc1ncccc1C(=O)NCc1nc(C2CCOCC2)no1. The molecule has 0 bridgehead atoms. The Balaban J connectivity index is 1.60. The number of ether oxygens (including phenoxy) is 1. The quantitative estimate of drug-likeness (QED) is 0.836. The number of aromatic nitrogens is 3. The molecular formula is C15H18N4O3S. The van der Waals surface area contributed by atoms with Crippen molar-refractivity contribution in [2.75, 3.05) is 19.5 Å². The van der Waals surface area contributed by atoms with Gasteiger partial charge in [-0.3, -0.25) is 4.79 Å². The number of hydrogen-bond acceptors (Lipinski definition) is 7. The molecule has 0 radical (unpaired) electrons. The van der Waals surface area contributed by atoms with E-state index in [0.717, 1.165) is 26.1 Å². The van der Waals surface area contributed by atoms with Gasteiger partial charge in [0.2, 0.25) is 5.89 Å². The molecule has 0 spiro atoms. The zero-order chi connectivity index (χ0) is 16.1. The third-order valence-corrected chi connectivity index (χ3v) is 4.39. The average molecular weight is 334 g/mol. The van der Waals surface area contributed by atoms with Crippen LogP contribution in [-0.4, -0.2) is 40.5 Å². The molecule has 1 amide bonds. The Bertz CT molecular complexity index is 670. The van der Waals surface area contributed by atoms with Crippen molar-refractivity contribution in [3.05, 3.63) is 35.6 Å². The number of thioether (sulfide) groups is 1. The first-order valence-electron chi connectivity index (χ1n) is 7.45. The zero-order valence-electron chi connectivity index (χ0n) is 12.8. The Kier molecular flexibility index (Phi) is 5.24. The second-order valence-electron chi connectivity index (χ2n) is 5.18. The zero-order valence-corrected chi connectivity index (χ0v) is 13.6. The predicted octanol–water partition coefficient (Wildman–Crippen LogP) is 2.01. The minimum Gasteiger partial charge on any atom is -0.381 e. The maximum atomic E-state index is 12.2. The van der Waals surface area contributed by atoms with Crippen molar-refractivity contribution >= 4 is 17.7 Å². The second kappa shape index (κ2) is 7.56. The molecule has 1 fully saturated rings. The molecule has 0 aliphatic carbocycles. The van der Waals surface area contributed by atoms with E-state index in [1.165, 1.54) is 11.8 Å². The fraction of sp³-hybridized carbons (Fsp3) is 0.467. The Morgan fingerprint density at radius 3 is 3.04 bits per heavy atom. The molecule has 0 aromatic carbocycles. The van der Waals surface area contributed by atoms with Gasteiger partial charge in [0.1, 0.15) is 5.03 Å². The van der Waals surface area contributed by atoms with Gasteiger partial charge in [0, 0.05) is 25.3 Å². The van der Waals surface area contributed by atoms with Gasteiger partial charge in [0.05, 0.1) is 12.1 Å². The lowest BCUT2D eigenvalue weighted by molar-refractivity contribution is 0.0830. The van der Waals surface area contributed by atoms with E-state index < -0.39 is 0 Å². The van der Waals surface area contributed by atoms with Gasteiger partial charge < -0.3 is 14.6 Å². The molecule has 0 saturated carbocycles. The molecule has 3 rings (SSSR count). The highest BCUT2D eigenvalue weighted by atomic mass is 32.2. The minimum absolute atomic E-state index is 0.201. The van der Waals surface area contributed by atoms with Crippen LogP contribution in [0.4, 0.5) is 0 Å². The van der Waals surface area contributed by atoms with Crippen molar-refractivity contribution in [3.8, 4) is 0 Å². The van der Waals surface area contributed by atoms with Gasteiger partial charge in [-0.15, -0.1) is 11.8 Å². The number of nitrogens with zero attached hydrogens (tertiary/aromatic N) is 3. The molecule has 122 valence electrons. The smallest absolute Gasteiger partial charge is 0.254 e. The lowest BCUT2D eigenvalue weighted by Gasteiger charge is -2.18. The fourth-order valence-electron chi connectivity index (χ4n) is 2.44. The van der Waals surface area contributed by atoms with Crippen LogP contribution in [0.3, 0.4) is 0 Å². The Labute approximate surface area is 138 Å². The number of carbonyl (C=O) groups is 1. The molecule has 23 heavy (non-hydrogen) atoms. The highest BCUT2D eigenvalue weighted by molar-refractivity contribution is 7.98. The topological polar surface area (TPSA) is 90.1 Å². The van der Waals surface area contributed by atoms with E-state index in [4.69, 9.17) is 9.26 Å². The largest absolute Gasteiger partial charge is 0.381 e. The molecule has 1 aliphatic heterocycles. The number of nitrogens with one attached hydrogen (secondary N) is 1. The molecule has 8 heteroatoms. The van der Waals surface area contributed by atoms with Crippen LogP contribution in [0.25, 0.3) is 0 Å². The molecule has 0 unspecified atom stereocenters. The summed E-state index contributed by atoms with van der Waals surface area (Å²) in [4.78, 5) is 20.8.